The smallest absolute Gasteiger partial charge is 0.338 e. The molecular weight excluding hydrogens is 435 g/mol. The number of thioether (sulfide) groups is 1. The highest BCUT2D eigenvalue weighted by Gasteiger charge is 2.34. The lowest BCUT2D eigenvalue weighted by Gasteiger charge is -2.12. The zero-order chi connectivity index (χ0) is 23.3. The predicted molar refractivity (Wildman–Crippen MR) is 120 cm³/mol. The molecule has 3 rings (SSSR count). The van der Waals surface area contributed by atoms with Gasteiger partial charge in [-0.1, -0.05) is 31.2 Å². The van der Waals surface area contributed by atoms with Crippen molar-refractivity contribution in [3.63, 3.8) is 0 Å². The number of carbonyl (C=O) groups is 4. The summed E-state index contributed by atoms with van der Waals surface area (Å²) in [6.45, 7) is 2.13. The summed E-state index contributed by atoms with van der Waals surface area (Å²) in [5.74, 6) is -3.19. The molecule has 0 aliphatic carbocycles. The summed E-state index contributed by atoms with van der Waals surface area (Å²) < 4.78 is 13.7. The first-order chi connectivity index (χ1) is 15.3. The van der Waals surface area contributed by atoms with E-state index in [1.54, 1.807) is 6.08 Å². The quantitative estimate of drug-likeness (QED) is 0.565. The fraction of sp³-hybridized carbons (Fsp3) is 0.217. The zero-order valence-corrected chi connectivity index (χ0v) is 18.1. The van der Waals surface area contributed by atoms with Crippen LogP contribution in [0, 0.1) is 5.82 Å². The SMILES string of the molecule is CCc1ccc(/C=C2\SC(=O)N(CCCC(=O)Nc3ccc(C(=O)O)c(F)c3)C2=O)cc1. The molecule has 1 aliphatic heterocycles. The van der Waals surface area contributed by atoms with Gasteiger partial charge >= 0.3 is 5.97 Å². The Bertz CT molecular complexity index is 1100. The van der Waals surface area contributed by atoms with Crippen LogP contribution >= 0.6 is 11.8 Å². The average Bonchev–Trinajstić information content (AvgIpc) is 3.01. The zero-order valence-electron chi connectivity index (χ0n) is 17.3. The van der Waals surface area contributed by atoms with Gasteiger partial charge in [0.25, 0.3) is 11.1 Å². The van der Waals surface area contributed by atoms with E-state index >= 15 is 0 Å². The lowest BCUT2D eigenvalue weighted by Crippen LogP contribution is -2.29. The van der Waals surface area contributed by atoms with Gasteiger partial charge in [0.15, 0.2) is 0 Å². The standard InChI is InChI=1S/C23H21FN2O5S/c1-2-14-5-7-15(8-6-14)12-19-21(28)26(23(31)32-19)11-3-4-20(27)25-16-9-10-17(22(29)30)18(24)13-16/h5-10,12-13H,2-4,11H2,1H3,(H,25,27)(H,29,30)/b19-12-. The van der Waals surface area contributed by atoms with E-state index in [9.17, 15) is 23.6 Å². The fourth-order valence-corrected chi connectivity index (χ4v) is 3.95. The Morgan fingerprint density at radius 1 is 1.16 bits per heavy atom. The normalized spacial score (nSPS) is 14.8. The Kier molecular flexibility index (Phi) is 7.42. The molecule has 32 heavy (non-hydrogen) atoms. The molecule has 1 aliphatic rings. The second-order valence-corrected chi connectivity index (χ2v) is 8.07. The molecule has 0 unspecified atom stereocenters. The maximum absolute atomic E-state index is 13.7. The molecule has 0 saturated carbocycles. The van der Waals surface area contributed by atoms with Crippen molar-refractivity contribution in [2.75, 3.05) is 11.9 Å². The number of carboxylic acids is 1. The number of imide groups is 1. The number of rotatable bonds is 8. The number of benzene rings is 2. The van der Waals surface area contributed by atoms with Crippen LogP contribution in [0.25, 0.3) is 6.08 Å². The molecule has 0 aromatic heterocycles. The molecule has 7 nitrogen and oxygen atoms in total. The molecule has 0 spiro atoms. The van der Waals surface area contributed by atoms with E-state index in [0.717, 1.165) is 40.8 Å². The molecule has 2 aromatic carbocycles. The summed E-state index contributed by atoms with van der Waals surface area (Å²) in [4.78, 5) is 49.1. The van der Waals surface area contributed by atoms with Gasteiger partial charge in [-0.2, -0.15) is 0 Å². The lowest BCUT2D eigenvalue weighted by molar-refractivity contribution is -0.123. The van der Waals surface area contributed by atoms with Crippen molar-refractivity contribution in [1.82, 2.24) is 4.90 Å². The van der Waals surface area contributed by atoms with Crippen LogP contribution < -0.4 is 5.32 Å². The molecule has 1 fully saturated rings. The van der Waals surface area contributed by atoms with Crippen molar-refractivity contribution in [3.8, 4) is 0 Å². The first-order valence-corrected chi connectivity index (χ1v) is 10.8. The van der Waals surface area contributed by atoms with Gasteiger partial charge in [0.1, 0.15) is 5.82 Å². The van der Waals surface area contributed by atoms with Gasteiger partial charge in [-0.05, 0) is 60.0 Å². The van der Waals surface area contributed by atoms with Crippen LogP contribution in [-0.4, -0.2) is 39.6 Å². The van der Waals surface area contributed by atoms with E-state index in [-0.39, 0.29) is 25.1 Å². The summed E-state index contributed by atoms with van der Waals surface area (Å²) in [5, 5.41) is 10.9. The lowest BCUT2D eigenvalue weighted by atomic mass is 10.1. The first kappa shape index (κ1) is 23.2. The average molecular weight is 456 g/mol. The van der Waals surface area contributed by atoms with E-state index in [2.05, 4.69) is 5.32 Å². The van der Waals surface area contributed by atoms with Gasteiger partial charge in [-0.3, -0.25) is 19.3 Å². The number of carboxylic acid groups (broad SMARTS) is 1. The number of anilines is 1. The Morgan fingerprint density at radius 3 is 2.50 bits per heavy atom. The number of aromatic carboxylic acids is 1. The fourth-order valence-electron chi connectivity index (χ4n) is 3.08. The minimum atomic E-state index is -1.40. The van der Waals surface area contributed by atoms with E-state index in [1.807, 2.05) is 31.2 Å². The summed E-state index contributed by atoms with van der Waals surface area (Å²) in [6, 6.07) is 11.0. The Hall–Kier alpha value is -3.46. The third kappa shape index (κ3) is 5.61. The highest BCUT2D eigenvalue weighted by atomic mass is 32.2. The number of aryl methyl sites for hydroxylation is 1. The van der Waals surface area contributed by atoms with Gasteiger partial charge in [0.05, 0.1) is 10.5 Å². The summed E-state index contributed by atoms with van der Waals surface area (Å²) in [7, 11) is 0. The predicted octanol–water partition coefficient (Wildman–Crippen LogP) is 4.54. The summed E-state index contributed by atoms with van der Waals surface area (Å²) in [6.07, 6.45) is 2.82. The van der Waals surface area contributed by atoms with Crippen molar-refractivity contribution in [3.05, 3.63) is 69.9 Å². The van der Waals surface area contributed by atoms with Gasteiger partial charge < -0.3 is 10.4 Å². The van der Waals surface area contributed by atoms with Crippen LogP contribution in [-0.2, 0) is 16.0 Å². The van der Waals surface area contributed by atoms with Gasteiger partial charge in [-0.15, -0.1) is 0 Å². The van der Waals surface area contributed by atoms with Crippen molar-refractivity contribution >= 4 is 46.5 Å². The minimum absolute atomic E-state index is 0.00154. The number of carbonyl (C=O) groups excluding carboxylic acids is 3. The van der Waals surface area contributed by atoms with E-state index < -0.39 is 34.4 Å². The van der Waals surface area contributed by atoms with Gasteiger partial charge in [0.2, 0.25) is 5.91 Å². The van der Waals surface area contributed by atoms with Crippen molar-refractivity contribution < 1.29 is 28.7 Å². The Morgan fingerprint density at radius 2 is 1.88 bits per heavy atom. The first-order valence-electron chi connectivity index (χ1n) is 9.95. The molecule has 166 valence electrons. The molecule has 0 atom stereocenters. The second-order valence-electron chi connectivity index (χ2n) is 7.08. The third-order valence-corrected chi connectivity index (χ3v) is 5.74. The molecule has 2 N–H and O–H groups in total. The van der Waals surface area contributed by atoms with Crippen LogP contribution in [0.2, 0.25) is 0 Å². The summed E-state index contributed by atoms with van der Waals surface area (Å²) in [5.41, 5.74) is 1.64. The number of nitrogens with one attached hydrogen (secondary N) is 1. The van der Waals surface area contributed by atoms with Crippen LogP contribution in [0.4, 0.5) is 14.9 Å². The molecule has 2 aromatic rings. The maximum atomic E-state index is 13.7. The van der Waals surface area contributed by atoms with Crippen LogP contribution in [0.3, 0.4) is 0 Å². The van der Waals surface area contributed by atoms with E-state index in [1.165, 1.54) is 11.6 Å². The number of nitrogens with zero attached hydrogens (tertiary/aromatic N) is 1. The molecule has 1 saturated heterocycles. The van der Waals surface area contributed by atoms with Gasteiger partial charge in [-0.25, -0.2) is 9.18 Å². The monoisotopic (exact) mass is 456 g/mol. The molecule has 0 bridgehead atoms. The van der Waals surface area contributed by atoms with Crippen molar-refractivity contribution in [2.45, 2.75) is 26.2 Å². The summed E-state index contributed by atoms with van der Waals surface area (Å²) >= 11 is 0.862. The minimum Gasteiger partial charge on any atom is -0.478 e. The van der Waals surface area contributed by atoms with E-state index in [0.29, 0.717) is 4.91 Å². The second kappa shape index (κ2) is 10.2. The molecule has 0 radical (unpaired) electrons. The highest BCUT2D eigenvalue weighted by Crippen LogP contribution is 2.32. The molecule has 9 heteroatoms. The molecule has 1 heterocycles. The topological polar surface area (TPSA) is 104 Å². The third-order valence-electron chi connectivity index (χ3n) is 4.83. The number of hydrogen-bond donors (Lipinski definition) is 2. The van der Waals surface area contributed by atoms with Crippen molar-refractivity contribution in [2.24, 2.45) is 0 Å². The van der Waals surface area contributed by atoms with E-state index in [4.69, 9.17) is 5.11 Å². The van der Waals surface area contributed by atoms with Gasteiger partial charge in [0, 0.05) is 18.7 Å². The number of amides is 3. The molecule has 3 amide bonds. The van der Waals surface area contributed by atoms with Crippen LogP contribution in [0.1, 0.15) is 41.3 Å². The van der Waals surface area contributed by atoms with Crippen molar-refractivity contribution in [1.29, 1.82) is 0 Å². The number of hydrogen-bond acceptors (Lipinski definition) is 5. The van der Waals surface area contributed by atoms with Crippen LogP contribution in [0.15, 0.2) is 47.4 Å². The highest BCUT2D eigenvalue weighted by molar-refractivity contribution is 8.18. The number of halogens is 1. The Balaban J connectivity index is 1.53. The Labute approximate surface area is 188 Å². The molecular formula is C23H21FN2O5S. The largest absolute Gasteiger partial charge is 0.478 e. The van der Waals surface area contributed by atoms with Crippen LogP contribution in [0.5, 0.6) is 0 Å². The maximum Gasteiger partial charge on any atom is 0.338 e.